The van der Waals surface area contributed by atoms with Gasteiger partial charge < -0.3 is 15.0 Å². The van der Waals surface area contributed by atoms with E-state index >= 15 is 0 Å². The van der Waals surface area contributed by atoms with Crippen molar-refractivity contribution in [1.29, 1.82) is 0 Å². The van der Waals surface area contributed by atoms with Crippen LogP contribution in [0.2, 0.25) is 0 Å². The normalized spacial score (nSPS) is 18.7. The average molecular weight is 623 g/mol. The predicted octanol–water partition coefficient (Wildman–Crippen LogP) is 6.91. The minimum absolute atomic E-state index is 0.0709. The number of ether oxygens (including phenoxy) is 1. The molecule has 5 heteroatoms. The summed E-state index contributed by atoms with van der Waals surface area (Å²) in [4.78, 5) is 15.1. The molecular formula is C36H50BrN2O2+. The van der Waals surface area contributed by atoms with Crippen LogP contribution >= 0.6 is 15.9 Å². The van der Waals surface area contributed by atoms with Gasteiger partial charge in [-0.05, 0) is 48.2 Å². The molecule has 2 aliphatic heterocycles. The highest BCUT2D eigenvalue weighted by Crippen LogP contribution is 2.38. The van der Waals surface area contributed by atoms with Crippen LogP contribution in [0.3, 0.4) is 0 Å². The highest BCUT2D eigenvalue weighted by Gasteiger charge is 2.41. The van der Waals surface area contributed by atoms with E-state index < -0.39 is 0 Å². The first-order chi connectivity index (χ1) is 20.2. The van der Waals surface area contributed by atoms with Crippen molar-refractivity contribution in [3.05, 3.63) is 64.6 Å². The van der Waals surface area contributed by atoms with Gasteiger partial charge in [-0.15, -0.1) is 38.5 Å². The number of benzene rings is 2. The topological polar surface area (TPSA) is 46.1 Å². The summed E-state index contributed by atoms with van der Waals surface area (Å²) in [5.41, 5.74) is 1.17. The quantitative estimate of drug-likeness (QED) is 0.377. The number of terminal acetylenes is 3. The Morgan fingerprint density at radius 1 is 0.780 bits per heavy atom. The molecule has 4 nitrogen and oxygen atoms in total. The second kappa shape index (κ2) is 25.8. The van der Waals surface area contributed by atoms with E-state index in [0.29, 0.717) is 12.5 Å². The van der Waals surface area contributed by atoms with Gasteiger partial charge in [0.25, 0.3) is 0 Å². The van der Waals surface area contributed by atoms with E-state index in [9.17, 15) is 4.79 Å². The minimum atomic E-state index is 0.0709. The molecule has 2 saturated heterocycles. The molecule has 1 amide bonds. The summed E-state index contributed by atoms with van der Waals surface area (Å²) in [6.45, 7) is 6.34. The third-order valence-corrected chi connectivity index (χ3v) is 7.79. The van der Waals surface area contributed by atoms with E-state index in [1.54, 1.807) is 0 Å². The Balaban J connectivity index is 0.000000723. The maximum absolute atomic E-state index is 13.0. The number of quaternary nitrogens is 1. The molecule has 0 radical (unpaired) electrons. The number of para-hydroxylation sites is 1. The predicted molar refractivity (Wildman–Crippen MR) is 177 cm³/mol. The molecule has 2 heterocycles. The Hall–Kier alpha value is -3.17. The molecule has 2 aromatic carbocycles. The van der Waals surface area contributed by atoms with Crippen molar-refractivity contribution in [2.45, 2.75) is 70.6 Å². The van der Waals surface area contributed by atoms with E-state index in [1.165, 1.54) is 50.5 Å². The molecule has 3 fully saturated rings. The van der Waals surface area contributed by atoms with Crippen LogP contribution < -0.4 is 10.1 Å². The van der Waals surface area contributed by atoms with E-state index in [2.05, 4.69) is 70.8 Å². The van der Waals surface area contributed by atoms with Crippen LogP contribution in [0.5, 0.6) is 5.75 Å². The Kier molecular flexibility index (Phi) is 23.8. The molecule has 1 saturated carbocycles. The van der Waals surface area contributed by atoms with Crippen LogP contribution in [0.1, 0.15) is 76.2 Å². The number of rotatable bonds is 4. The third kappa shape index (κ3) is 14.3. The summed E-state index contributed by atoms with van der Waals surface area (Å²) in [5, 5.41) is 2.27. The molecule has 1 aliphatic carbocycles. The van der Waals surface area contributed by atoms with Crippen molar-refractivity contribution in [2.75, 3.05) is 32.8 Å². The van der Waals surface area contributed by atoms with Crippen molar-refractivity contribution < 1.29 is 14.8 Å². The summed E-state index contributed by atoms with van der Waals surface area (Å²) in [7, 11) is 0. The first-order valence-electron chi connectivity index (χ1n) is 14.7. The first kappa shape index (κ1) is 37.8. The van der Waals surface area contributed by atoms with Crippen LogP contribution in [0, 0.1) is 44.5 Å². The zero-order valence-corrected chi connectivity index (χ0v) is 26.5. The van der Waals surface area contributed by atoms with Crippen molar-refractivity contribution in [3.63, 3.8) is 0 Å². The monoisotopic (exact) mass is 621 g/mol. The first-order valence-corrected chi connectivity index (χ1v) is 15.5. The van der Waals surface area contributed by atoms with Gasteiger partial charge in [0.15, 0.2) is 0 Å². The molecule has 222 valence electrons. The van der Waals surface area contributed by atoms with Crippen LogP contribution in [-0.2, 0) is 4.79 Å². The molecule has 2 atom stereocenters. The number of carbonyl (C=O) groups excluding carboxylic acids is 1. The maximum Gasteiger partial charge on any atom is 0.232 e. The molecule has 41 heavy (non-hydrogen) atoms. The Morgan fingerprint density at radius 2 is 1.24 bits per heavy atom. The molecular weight excluding hydrogens is 572 g/mol. The molecule has 2 N–H and O–H groups in total. The number of hydrogen-bond donors (Lipinski definition) is 1. The van der Waals surface area contributed by atoms with Crippen LogP contribution in [0.15, 0.2) is 59.1 Å². The fourth-order valence-corrected chi connectivity index (χ4v) is 5.80. The molecule has 0 spiro atoms. The van der Waals surface area contributed by atoms with Gasteiger partial charge in [-0.25, -0.2) is 0 Å². The summed E-state index contributed by atoms with van der Waals surface area (Å²) in [6.07, 6.45) is 36.5. The fraction of sp³-hybridized carbons (Fsp3) is 0.472. The number of halogens is 1. The number of likely N-dealkylation sites (tertiary alicyclic amines) is 1. The number of piperidine rings is 1. The summed E-state index contributed by atoms with van der Waals surface area (Å²) in [6, 6.07) is 18.2. The van der Waals surface area contributed by atoms with Crippen LogP contribution in [-0.4, -0.2) is 43.6 Å². The van der Waals surface area contributed by atoms with Gasteiger partial charge in [0.05, 0.1) is 36.0 Å². The highest BCUT2D eigenvalue weighted by molar-refractivity contribution is 9.10. The highest BCUT2D eigenvalue weighted by atomic mass is 79.9. The van der Waals surface area contributed by atoms with Crippen molar-refractivity contribution >= 4 is 21.8 Å². The number of amides is 1. The lowest BCUT2D eigenvalue weighted by molar-refractivity contribution is -0.638. The lowest BCUT2D eigenvalue weighted by Gasteiger charge is -2.30. The number of nitrogens with zero attached hydrogens (tertiary/aromatic N) is 1. The Bertz CT molecular complexity index is 924. The third-order valence-electron chi connectivity index (χ3n) is 7.16. The zero-order chi connectivity index (χ0) is 30.7. The molecule has 3 aliphatic rings. The van der Waals surface area contributed by atoms with Crippen molar-refractivity contribution in [3.8, 4) is 44.3 Å². The van der Waals surface area contributed by atoms with Gasteiger partial charge in [0.1, 0.15) is 5.75 Å². The lowest BCUT2D eigenvalue weighted by atomic mass is 9.87. The second-order valence-corrected chi connectivity index (χ2v) is 10.6. The number of hydrogen-bond acceptors (Lipinski definition) is 2. The summed E-state index contributed by atoms with van der Waals surface area (Å²) in [5.74, 6) is 1.56. The van der Waals surface area contributed by atoms with E-state index in [4.69, 9.17) is 4.74 Å². The van der Waals surface area contributed by atoms with Gasteiger partial charge in [0, 0.05) is 18.7 Å². The van der Waals surface area contributed by atoms with Gasteiger partial charge in [-0.3, -0.25) is 4.79 Å². The molecule has 0 aromatic heterocycles. The van der Waals surface area contributed by atoms with E-state index in [0.717, 1.165) is 49.2 Å². The maximum atomic E-state index is 13.0. The molecule has 0 bridgehead atoms. The summed E-state index contributed by atoms with van der Waals surface area (Å²) >= 11 is 3.60. The van der Waals surface area contributed by atoms with E-state index in [1.807, 2.05) is 55.5 Å². The van der Waals surface area contributed by atoms with Crippen LogP contribution in [0.25, 0.3) is 0 Å². The second-order valence-electron chi connectivity index (χ2n) is 9.73. The lowest BCUT2D eigenvalue weighted by Crippen LogP contribution is -2.81. The molecule has 1 unspecified atom stereocenters. The fourth-order valence-electron chi connectivity index (χ4n) is 5.31. The van der Waals surface area contributed by atoms with Gasteiger partial charge in [-0.1, -0.05) is 87.1 Å². The average Bonchev–Trinajstić information content (AvgIpc) is 3.57. The number of nitrogens with two attached hydrogens (primary N) is 1. The largest absolute Gasteiger partial charge is 0.492 e. The van der Waals surface area contributed by atoms with E-state index in [-0.39, 0.29) is 11.8 Å². The Labute approximate surface area is 259 Å². The SMILES string of the molecule is C#C.C#C.C#C.C1CCCCC1.CCOc1c(Br)cccc1[C@@H]1C[NH2+]CC1C(=O)N1CCCCC1.c1ccccc1. The van der Waals surface area contributed by atoms with Gasteiger partial charge in [-0.2, -0.15) is 0 Å². The van der Waals surface area contributed by atoms with Gasteiger partial charge in [0.2, 0.25) is 5.91 Å². The Morgan fingerprint density at radius 3 is 1.71 bits per heavy atom. The molecule has 2 aromatic rings. The van der Waals surface area contributed by atoms with Crippen molar-refractivity contribution in [2.24, 2.45) is 5.92 Å². The van der Waals surface area contributed by atoms with Crippen LogP contribution in [0.4, 0.5) is 0 Å². The number of carbonyl (C=O) groups is 1. The minimum Gasteiger partial charge on any atom is -0.492 e. The van der Waals surface area contributed by atoms with Crippen molar-refractivity contribution in [1.82, 2.24) is 4.90 Å². The smallest absolute Gasteiger partial charge is 0.232 e. The zero-order valence-electron chi connectivity index (χ0n) is 24.9. The summed E-state index contributed by atoms with van der Waals surface area (Å²) < 4.78 is 6.85. The molecule has 5 rings (SSSR count). The standard InChI is InChI=1S/C18H25BrN2O2.C6H12.C6H6.3C2H2/c1-2-23-17-13(7-6-8-16(17)19)14-11-20-12-15(14)18(22)21-9-4-3-5-10-21;2*1-2-4-6-5-3-1;3*1-2/h6-8,14-15,20H,2-5,9-12H2,1H3;1-6H2;1-6H;3*1-2H/p+1/t14-,15?;;;;;/m0...../s1. The van der Waals surface area contributed by atoms with Gasteiger partial charge >= 0.3 is 0 Å².